The zero-order valence-electron chi connectivity index (χ0n) is 11.6. The Balaban J connectivity index is 1.90. The molecule has 0 saturated carbocycles. The van der Waals surface area contributed by atoms with E-state index in [4.69, 9.17) is 0 Å². The minimum absolute atomic E-state index is 0.548. The Kier molecular flexibility index (Phi) is 3.55. The lowest BCUT2D eigenvalue weighted by molar-refractivity contribution is 0.173. The number of aliphatic hydroxyl groups excluding tert-OH is 1. The van der Waals surface area contributed by atoms with Crippen molar-refractivity contribution in [1.29, 1.82) is 0 Å². The molecule has 3 heteroatoms. The third-order valence-corrected chi connectivity index (χ3v) is 4.56. The van der Waals surface area contributed by atoms with E-state index in [0.717, 1.165) is 16.8 Å². The molecule has 0 saturated heterocycles. The lowest BCUT2D eigenvalue weighted by atomic mass is 10.0. The summed E-state index contributed by atoms with van der Waals surface area (Å²) in [5.74, 6) is 0. The molecule has 0 aliphatic heterocycles. The van der Waals surface area contributed by atoms with Gasteiger partial charge in [-0.25, -0.2) is 0 Å². The number of thiophene rings is 1. The molecule has 2 aromatic heterocycles. The molecular weight excluding hydrogens is 266 g/mol. The van der Waals surface area contributed by atoms with E-state index in [0.29, 0.717) is 6.42 Å². The van der Waals surface area contributed by atoms with Gasteiger partial charge in [-0.1, -0.05) is 24.3 Å². The van der Waals surface area contributed by atoms with Crippen molar-refractivity contribution in [2.24, 2.45) is 0 Å². The first-order chi connectivity index (χ1) is 9.65. The molecule has 0 aliphatic rings. The van der Waals surface area contributed by atoms with Gasteiger partial charge in [-0.2, -0.15) is 0 Å². The lowest BCUT2D eigenvalue weighted by Gasteiger charge is -2.12. The highest BCUT2D eigenvalue weighted by molar-refractivity contribution is 7.17. The van der Waals surface area contributed by atoms with Gasteiger partial charge in [0.25, 0.3) is 0 Å². The number of nitrogens with zero attached hydrogens (tertiary/aromatic N) is 1. The Morgan fingerprint density at radius 2 is 2.05 bits per heavy atom. The van der Waals surface area contributed by atoms with Crippen LogP contribution in [-0.4, -0.2) is 10.1 Å². The van der Waals surface area contributed by atoms with Crippen LogP contribution in [0.1, 0.15) is 28.5 Å². The molecule has 0 aliphatic carbocycles. The highest BCUT2D eigenvalue weighted by Gasteiger charge is 2.15. The maximum atomic E-state index is 10.5. The van der Waals surface area contributed by atoms with Gasteiger partial charge in [-0.05, 0) is 47.4 Å². The van der Waals surface area contributed by atoms with Gasteiger partial charge in [-0.3, -0.25) is 4.98 Å². The average Bonchev–Trinajstić information content (AvgIpc) is 2.82. The number of pyridine rings is 1. The van der Waals surface area contributed by atoms with Crippen molar-refractivity contribution < 1.29 is 5.11 Å². The molecule has 0 amide bonds. The quantitative estimate of drug-likeness (QED) is 0.782. The molecule has 0 radical (unpaired) electrons. The van der Waals surface area contributed by atoms with E-state index in [1.54, 1.807) is 11.3 Å². The molecule has 2 heterocycles. The van der Waals surface area contributed by atoms with Crippen LogP contribution < -0.4 is 0 Å². The number of aromatic nitrogens is 1. The first kappa shape index (κ1) is 13.3. The summed E-state index contributed by atoms with van der Waals surface area (Å²) in [5.41, 5.74) is 4.15. The number of hydrogen-bond donors (Lipinski definition) is 1. The van der Waals surface area contributed by atoms with Gasteiger partial charge in [0.2, 0.25) is 0 Å². The summed E-state index contributed by atoms with van der Waals surface area (Å²) < 4.78 is 1.27. The van der Waals surface area contributed by atoms with Crippen molar-refractivity contribution >= 4 is 21.4 Å². The minimum atomic E-state index is -0.548. The Labute approximate surface area is 122 Å². The molecule has 1 aromatic carbocycles. The summed E-state index contributed by atoms with van der Waals surface area (Å²) in [7, 11) is 0. The minimum Gasteiger partial charge on any atom is -0.386 e. The molecule has 1 atom stereocenters. The molecule has 1 N–H and O–H groups in total. The lowest BCUT2D eigenvalue weighted by Crippen LogP contribution is -2.06. The fourth-order valence-corrected chi connectivity index (χ4v) is 3.55. The Morgan fingerprint density at radius 3 is 2.85 bits per heavy atom. The Morgan fingerprint density at radius 1 is 1.25 bits per heavy atom. The van der Waals surface area contributed by atoms with Crippen molar-refractivity contribution in [3.05, 3.63) is 64.3 Å². The fraction of sp³-hybridized carbons (Fsp3) is 0.235. The molecule has 2 nitrogen and oxygen atoms in total. The maximum Gasteiger partial charge on any atom is 0.100 e. The smallest absolute Gasteiger partial charge is 0.100 e. The number of rotatable bonds is 3. The summed E-state index contributed by atoms with van der Waals surface area (Å²) in [4.78, 5) is 4.39. The topological polar surface area (TPSA) is 33.1 Å². The van der Waals surface area contributed by atoms with E-state index in [1.165, 1.54) is 15.6 Å². The van der Waals surface area contributed by atoms with Gasteiger partial charge in [0, 0.05) is 17.3 Å². The highest BCUT2D eigenvalue weighted by atomic mass is 32.1. The van der Waals surface area contributed by atoms with Crippen molar-refractivity contribution in [2.75, 3.05) is 0 Å². The molecule has 0 fully saturated rings. The maximum absolute atomic E-state index is 10.5. The van der Waals surface area contributed by atoms with Crippen LogP contribution in [0.25, 0.3) is 10.1 Å². The monoisotopic (exact) mass is 283 g/mol. The van der Waals surface area contributed by atoms with Crippen molar-refractivity contribution in [3.63, 3.8) is 0 Å². The first-order valence-electron chi connectivity index (χ1n) is 6.71. The molecular formula is C17H17NOS. The average molecular weight is 283 g/mol. The normalized spacial score (nSPS) is 12.8. The molecule has 20 heavy (non-hydrogen) atoms. The summed E-state index contributed by atoms with van der Waals surface area (Å²) in [5, 5.41) is 13.8. The predicted molar refractivity (Wildman–Crippen MR) is 84.2 cm³/mol. The van der Waals surface area contributed by atoms with Gasteiger partial charge >= 0.3 is 0 Å². The number of benzene rings is 1. The zero-order chi connectivity index (χ0) is 14.1. The second kappa shape index (κ2) is 5.35. The van der Waals surface area contributed by atoms with Gasteiger partial charge in [-0.15, -0.1) is 11.3 Å². The predicted octanol–water partition coefficient (Wildman–Crippen LogP) is 4.19. The Bertz CT molecular complexity index is 748. The fourth-order valence-electron chi connectivity index (χ4n) is 2.57. The second-order valence-electron chi connectivity index (χ2n) is 5.19. The molecule has 3 rings (SSSR count). The van der Waals surface area contributed by atoms with Crippen LogP contribution in [0.3, 0.4) is 0 Å². The van der Waals surface area contributed by atoms with Crippen LogP contribution in [0.15, 0.2) is 41.9 Å². The van der Waals surface area contributed by atoms with Crippen LogP contribution in [0.5, 0.6) is 0 Å². The molecule has 0 bridgehead atoms. The van der Waals surface area contributed by atoms with E-state index in [-0.39, 0.29) is 0 Å². The molecule has 3 aromatic rings. The first-order valence-corrected chi connectivity index (χ1v) is 7.59. The van der Waals surface area contributed by atoms with Gasteiger partial charge in [0.1, 0.15) is 6.10 Å². The van der Waals surface area contributed by atoms with Crippen LogP contribution in [0, 0.1) is 13.8 Å². The zero-order valence-corrected chi connectivity index (χ0v) is 12.4. The van der Waals surface area contributed by atoms with Crippen molar-refractivity contribution in [3.8, 4) is 0 Å². The number of hydrogen-bond acceptors (Lipinski definition) is 3. The summed E-state index contributed by atoms with van der Waals surface area (Å²) >= 11 is 1.73. The Hall–Kier alpha value is -1.71. The number of fused-ring (bicyclic) bond motifs is 1. The van der Waals surface area contributed by atoms with Crippen LogP contribution >= 0.6 is 11.3 Å². The van der Waals surface area contributed by atoms with E-state index in [1.807, 2.05) is 32.2 Å². The van der Waals surface area contributed by atoms with E-state index in [9.17, 15) is 5.11 Å². The van der Waals surface area contributed by atoms with E-state index >= 15 is 0 Å². The second-order valence-corrected chi connectivity index (χ2v) is 6.10. The van der Waals surface area contributed by atoms with Gasteiger partial charge in [0.05, 0.1) is 5.69 Å². The number of aryl methyl sites for hydroxylation is 2. The van der Waals surface area contributed by atoms with E-state index in [2.05, 4.69) is 28.6 Å². The molecule has 0 spiro atoms. The van der Waals surface area contributed by atoms with Crippen molar-refractivity contribution in [2.45, 2.75) is 26.4 Å². The third kappa shape index (κ3) is 2.47. The summed E-state index contributed by atoms with van der Waals surface area (Å²) in [6.45, 7) is 4.02. The van der Waals surface area contributed by atoms with Gasteiger partial charge in [0.15, 0.2) is 0 Å². The third-order valence-electron chi connectivity index (χ3n) is 3.55. The van der Waals surface area contributed by atoms with E-state index < -0.39 is 6.10 Å². The SMILES string of the molecule is Cc1cnc(C(O)Cc2csc3ccccc23)c(C)c1. The molecule has 1 unspecified atom stereocenters. The van der Waals surface area contributed by atoms with Crippen LogP contribution in [0.2, 0.25) is 0 Å². The largest absolute Gasteiger partial charge is 0.386 e. The standard InChI is InChI=1S/C17H17NOS/c1-11-7-12(2)17(18-9-11)15(19)8-13-10-20-16-6-4-3-5-14(13)16/h3-7,9-10,15,19H,8H2,1-2H3. The van der Waals surface area contributed by atoms with Crippen LogP contribution in [0.4, 0.5) is 0 Å². The molecule has 102 valence electrons. The van der Waals surface area contributed by atoms with Crippen LogP contribution in [-0.2, 0) is 6.42 Å². The number of aliphatic hydroxyl groups is 1. The highest BCUT2D eigenvalue weighted by Crippen LogP contribution is 2.29. The summed E-state index contributed by atoms with van der Waals surface area (Å²) in [6, 6.07) is 10.4. The van der Waals surface area contributed by atoms with Gasteiger partial charge < -0.3 is 5.11 Å². The summed E-state index contributed by atoms with van der Waals surface area (Å²) in [6.07, 6.45) is 1.88. The van der Waals surface area contributed by atoms with Crippen molar-refractivity contribution in [1.82, 2.24) is 4.98 Å².